The number of rotatable bonds is 6. The van der Waals surface area contributed by atoms with E-state index in [1.54, 1.807) is 12.1 Å². The maximum atomic E-state index is 12.0. The van der Waals surface area contributed by atoms with Crippen LogP contribution in [0.2, 0.25) is 5.02 Å². The molecule has 0 aliphatic carbocycles. The summed E-state index contributed by atoms with van der Waals surface area (Å²) < 4.78 is 0. The third kappa shape index (κ3) is 6.04. The molecule has 130 valence electrons. The van der Waals surface area contributed by atoms with E-state index in [0.29, 0.717) is 10.6 Å². The Balaban J connectivity index is 1.78. The second-order valence-corrected chi connectivity index (χ2v) is 6.09. The van der Waals surface area contributed by atoms with Gasteiger partial charge in [-0.15, -0.1) is 0 Å². The van der Waals surface area contributed by atoms with Gasteiger partial charge in [-0.05, 0) is 37.1 Å². The van der Waals surface area contributed by atoms with Crippen LogP contribution in [0, 0.1) is 13.8 Å². The maximum Gasteiger partial charge on any atom is 0.240 e. The molecule has 0 atom stereocenters. The van der Waals surface area contributed by atoms with E-state index in [2.05, 4.69) is 15.8 Å². The van der Waals surface area contributed by atoms with Crippen LogP contribution < -0.4 is 10.7 Å². The number of carbonyl (C=O) groups excluding carboxylic acids is 2. The van der Waals surface area contributed by atoms with Crippen molar-refractivity contribution in [2.45, 2.75) is 26.7 Å². The molecule has 0 aliphatic rings. The van der Waals surface area contributed by atoms with Crippen LogP contribution in [0.3, 0.4) is 0 Å². The van der Waals surface area contributed by atoms with E-state index in [-0.39, 0.29) is 24.7 Å². The number of nitrogens with zero attached hydrogens (tertiary/aromatic N) is 1. The van der Waals surface area contributed by atoms with E-state index >= 15 is 0 Å². The lowest BCUT2D eigenvalue weighted by Gasteiger charge is -2.09. The van der Waals surface area contributed by atoms with E-state index in [0.717, 1.165) is 16.8 Å². The number of anilines is 1. The van der Waals surface area contributed by atoms with Gasteiger partial charge < -0.3 is 5.32 Å². The Morgan fingerprint density at radius 2 is 1.80 bits per heavy atom. The highest BCUT2D eigenvalue weighted by Gasteiger charge is 2.08. The Kier molecular flexibility index (Phi) is 6.71. The highest BCUT2D eigenvalue weighted by molar-refractivity contribution is 6.33. The zero-order valence-electron chi connectivity index (χ0n) is 14.2. The first kappa shape index (κ1) is 18.7. The summed E-state index contributed by atoms with van der Waals surface area (Å²) in [7, 11) is 0. The highest BCUT2D eigenvalue weighted by Crippen LogP contribution is 2.16. The third-order valence-electron chi connectivity index (χ3n) is 3.54. The van der Waals surface area contributed by atoms with Gasteiger partial charge in [0.15, 0.2) is 0 Å². The van der Waals surface area contributed by atoms with E-state index in [9.17, 15) is 9.59 Å². The van der Waals surface area contributed by atoms with Crippen molar-refractivity contribution >= 4 is 35.3 Å². The van der Waals surface area contributed by atoms with Crippen molar-refractivity contribution in [2.24, 2.45) is 5.10 Å². The number of hydrogen-bond donors (Lipinski definition) is 2. The first-order valence-corrected chi connectivity index (χ1v) is 8.27. The Morgan fingerprint density at radius 1 is 1.08 bits per heavy atom. The number of hydrogen-bond acceptors (Lipinski definition) is 3. The molecule has 0 saturated carbocycles. The molecular weight excluding hydrogens is 338 g/mol. The average molecular weight is 358 g/mol. The third-order valence-corrected chi connectivity index (χ3v) is 3.89. The Hall–Kier alpha value is -2.66. The summed E-state index contributed by atoms with van der Waals surface area (Å²) in [6.07, 6.45) is 1.60. The molecule has 2 aromatic carbocycles. The molecule has 2 N–H and O–H groups in total. The minimum atomic E-state index is -0.334. The van der Waals surface area contributed by atoms with Gasteiger partial charge in [-0.25, -0.2) is 5.43 Å². The predicted molar refractivity (Wildman–Crippen MR) is 101 cm³/mol. The summed E-state index contributed by atoms with van der Waals surface area (Å²) in [4.78, 5) is 23.7. The van der Waals surface area contributed by atoms with Crippen LogP contribution in [-0.2, 0) is 9.59 Å². The molecule has 0 radical (unpaired) electrons. The predicted octanol–water partition coefficient (Wildman–Crippen LogP) is 3.83. The molecule has 0 bridgehead atoms. The minimum absolute atomic E-state index is 0.0521. The van der Waals surface area contributed by atoms with Gasteiger partial charge in [-0.3, -0.25) is 9.59 Å². The summed E-state index contributed by atoms with van der Waals surface area (Å²) in [5, 5.41) is 7.22. The first-order chi connectivity index (χ1) is 12.0. The zero-order chi connectivity index (χ0) is 18.2. The fourth-order valence-corrected chi connectivity index (χ4v) is 2.30. The second-order valence-electron chi connectivity index (χ2n) is 5.68. The average Bonchev–Trinajstić information content (AvgIpc) is 2.58. The number of aryl methyl sites for hydroxylation is 2. The van der Waals surface area contributed by atoms with Gasteiger partial charge in [-0.1, -0.05) is 41.9 Å². The molecule has 0 spiro atoms. The normalized spacial score (nSPS) is 10.7. The quantitative estimate of drug-likeness (QED) is 0.609. The molecule has 25 heavy (non-hydrogen) atoms. The van der Waals surface area contributed by atoms with Crippen molar-refractivity contribution in [2.75, 3.05) is 5.32 Å². The second kappa shape index (κ2) is 8.99. The van der Waals surface area contributed by atoms with Gasteiger partial charge in [-0.2, -0.15) is 5.10 Å². The number of nitrogens with one attached hydrogen (secondary N) is 2. The lowest BCUT2D eigenvalue weighted by Crippen LogP contribution is -2.21. The van der Waals surface area contributed by atoms with Crippen LogP contribution in [0.4, 0.5) is 5.69 Å². The standard InChI is InChI=1S/C19H20ClN3O2/c1-13-7-8-14(2)17(11-13)22-18(24)9-10-19(25)23-21-12-15-5-3-4-6-16(15)20/h3-8,11-12H,9-10H2,1-2H3,(H,22,24)(H,23,25). The van der Waals surface area contributed by atoms with E-state index < -0.39 is 0 Å². The van der Waals surface area contributed by atoms with Gasteiger partial charge in [0.1, 0.15) is 0 Å². The lowest BCUT2D eigenvalue weighted by molar-refractivity contribution is -0.124. The number of hydrazone groups is 1. The first-order valence-electron chi connectivity index (χ1n) is 7.89. The van der Waals surface area contributed by atoms with Gasteiger partial charge >= 0.3 is 0 Å². The zero-order valence-corrected chi connectivity index (χ0v) is 14.9. The van der Waals surface area contributed by atoms with Crippen molar-refractivity contribution in [3.8, 4) is 0 Å². The van der Waals surface area contributed by atoms with Crippen LogP contribution in [0.1, 0.15) is 29.5 Å². The fourth-order valence-electron chi connectivity index (χ4n) is 2.12. The number of benzene rings is 2. The summed E-state index contributed by atoms with van der Waals surface area (Å²) in [5.74, 6) is -0.543. The summed E-state index contributed by atoms with van der Waals surface area (Å²) in [6, 6.07) is 13.0. The molecular formula is C19H20ClN3O2. The summed E-state index contributed by atoms with van der Waals surface area (Å²) in [6.45, 7) is 3.88. The van der Waals surface area contributed by atoms with Gasteiger partial charge in [0.05, 0.1) is 6.21 Å². The van der Waals surface area contributed by atoms with Crippen molar-refractivity contribution in [1.82, 2.24) is 5.43 Å². The number of amides is 2. The summed E-state index contributed by atoms with van der Waals surface area (Å²) >= 11 is 5.99. The molecule has 0 aliphatic heterocycles. The van der Waals surface area contributed by atoms with Gasteiger partial charge in [0.2, 0.25) is 11.8 Å². The molecule has 0 saturated heterocycles. The molecule has 2 rings (SSSR count). The van der Waals surface area contributed by atoms with Gasteiger partial charge in [0, 0.05) is 29.1 Å². The summed E-state index contributed by atoms with van der Waals surface area (Å²) in [5.41, 5.74) is 5.90. The van der Waals surface area contributed by atoms with E-state index in [1.807, 2.05) is 44.2 Å². The fraction of sp³-hybridized carbons (Fsp3) is 0.211. The number of halogens is 1. The highest BCUT2D eigenvalue weighted by atomic mass is 35.5. The molecule has 5 nitrogen and oxygen atoms in total. The smallest absolute Gasteiger partial charge is 0.240 e. The maximum absolute atomic E-state index is 12.0. The topological polar surface area (TPSA) is 70.6 Å². The van der Waals surface area contributed by atoms with Crippen LogP contribution in [0.5, 0.6) is 0 Å². The molecule has 2 aromatic rings. The molecule has 0 heterocycles. The van der Waals surface area contributed by atoms with Crippen LogP contribution in [0.25, 0.3) is 0 Å². The van der Waals surface area contributed by atoms with Crippen LogP contribution >= 0.6 is 11.6 Å². The molecule has 0 unspecified atom stereocenters. The molecule has 2 amide bonds. The minimum Gasteiger partial charge on any atom is -0.326 e. The van der Waals surface area contributed by atoms with Crippen LogP contribution in [0.15, 0.2) is 47.6 Å². The van der Waals surface area contributed by atoms with Crippen molar-refractivity contribution in [1.29, 1.82) is 0 Å². The molecule has 0 aromatic heterocycles. The lowest BCUT2D eigenvalue weighted by atomic mass is 10.1. The number of carbonyl (C=O) groups is 2. The molecule has 6 heteroatoms. The van der Waals surface area contributed by atoms with Crippen molar-refractivity contribution in [3.63, 3.8) is 0 Å². The molecule has 0 fully saturated rings. The Morgan fingerprint density at radius 3 is 2.56 bits per heavy atom. The van der Waals surface area contributed by atoms with E-state index in [4.69, 9.17) is 11.6 Å². The van der Waals surface area contributed by atoms with Crippen LogP contribution in [-0.4, -0.2) is 18.0 Å². The monoisotopic (exact) mass is 357 g/mol. The van der Waals surface area contributed by atoms with Gasteiger partial charge in [0.25, 0.3) is 0 Å². The SMILES string of the molecule is Cc1ccc(C)c(NC(=O)CCC(=O)NN=Cc2ccccc2Cl)c1. The Bertz CT molecular complexity index is 803. The van der Waals surface area contributed by atoms with Crippen molar-refractivity contribution < 1.29 is 9.59 Å². The van der Waals surface area contributed by atoms with Crippen molar-refractivity contribution in [3.05, 3.63) is 64.2 Å². The Labute approximate surface area is 152 Å². The largest absolute Gasteiger partial charge is 0.326 e. The van der Waals surface area contributed by atoms with E-state index in [1.165, 1.54) is 6.21 Å².